The van der Waals surface area contributed by atoms with Crippen molar-refractivity contribution in [3.8, 4) is 0 Å². The summed E-state index contributed by atoms with van der Waals surface area (Å²) in [4.78, 5) is 11.8. The topological polar surface area (TPSA) is 66.9 Å². The van der Waals surface area contributed by atoms with E-state index in [1.165, 1.54) is 35.2 Å². The Hall–Kier alpha value is -1.64. The number of rotatable bonds is 7. The number of benzene rings is 1. The molecule has 0 atom stereocenters. The van der Waals surface area contributed by atoms with Crippen LogP contribution in [0.15, 0.2) is 35.2 Å². The van der Waals surface area contributed by atoms with Crippen LogP contribution < -0.4 is 10.6 Å². The average Bonchev–Trinajstić information content (AvgIpc) is 2.94. The van der Waals surface area contributed by atoms with Gasteiger partial charge in [0.25, 0.3) is 0 Å². The van der Waals surface area contributed by atoms with Crippen molar-refractivity contribution >= 4 is 51.4 Å². The molecule has 2 rings (SSSR count). The summed E-state index contributed by atoms with van der Waals surface area (Å²) < 4.78 is 13.6. The number of carbonyl (C=O) groups is 1. The van der Waals surface area contributed by atoms with Crippen LogP contribution in [0.5, 0.6) is 0 Å². The van der Waals surface area contributed by atoms with Crippen LogP contribution in [0.25, 0.3) is 0 Å². The molecule has 116 valence electrons. The van der Waals surface area contributed by atoms with Crippen LogP contribution in [0, 0.1) is 5.82 Å². The van der Waals surface area contributed by atoms with Gasteiger partial charge in [0.1, 0.15) is 5.82 Å². The fourth-order valence-corrected chi connectivity index (χ4v) is 3.18. The maximum atomic E-state index is 12.9. The highest BCUT2D eigenvalue weighted by Gasteiger charge is 2.10. The van der Waals surface area contributed by atoms with Gasteiger partial charge in [0, 0.05) is 6.54 Å². The highest BCUT2D eigenvalue weighted by atomic mass is 35.5. The largest absolute Gasteiger partial charge is 0.357 e. The Kier molecular flexibility index (Phi) is 6.17. The number of carbonyl (C=O) groups excluding carboxylic acids is 1. The van der Waals surface area contributed by atoms with Crippen LogP contribution in [-0.4, -0.2) is 28.4 Å². The van der Waals surface area contributed by atoms with Crippen molar-refractivity contribution in [3.05, 3.63) is 41.7 Å². The fourth-order valence-electron chi connectivity index (χ4n) is 1.40. The zero-order valence-corrected chi connectivity index (χ0v) is 13.7. The second kappa shape index (κ2) is 8.11. The molecule has 1 aromatic heterocycles. The first-order valence-corrected chi connectivity index (χ1v) is 8.32. The molecule has 2 N–H and O–H groups in total. The average molecular weight is 359 g/mol. The summed E-state index contributed by atoms with van der Waals surface area (Å²) in [5.41, 5.74) is 0.374. The molecule has 0 unspecified atom stereocenters. The van der Waals surface area contributed by atoms with Gasteiger partial charge in [0.2, 0.25) is 11.0 Å². The molecule has 0 saturated heterocycles. The lowest BCUT2D eigenvalue weighted by atomic mass is 10.3. The molecular formula is C13H12ClFN4OS2. The van der Waals surface area contributed by atoms with Gasteiger partial charge in [0.15, 0.2) is 4.34 Å². The summed E-state index contributed by atoms with van der Waals surface area (Å²) in [6.07, 6.45) is 1.72. The van der Waals surface area contributed by atoms with Gasteiger partial charge >= 0.3 is 0 Å². The van der Waals surface area contributed by atoms with E-state index in [1.54, 1.807) is 6.08 Å². The first-order valence-electron chi connectivity index (χ1n) is 6.14. The molecule has 22 heavy (non-hydrogen) atoms. The van der Waals surface area contributed by atoms with Crippen molar-refractivity contribution in [2.75, 3.05) is 22.9 Å². The highest BCUT2D eigenvalue weighted by molar-refractivity contribution is 8.01. The van der Waals surface area contributed by atoms with Gasteiger partial charge in [-0.25, -0.2) is 4.39 Å². The minimum atomic E-state index is -0.453. The maximum absolute atomic E-state index is 12.9. The number of nitrogens with one attached hydrogen (secondary N) is 2. The molecule has 5 nitrogen and oxygen atoms in total. The number of nitrogens with zero attached hydrogens (tertiary/aromatic N) is 2. The normalized spacial score (nSPS) is 10.3. The maximum Gasteiger partial charge on any atom is 0.234 e. The molecule has 1 amide bonds. The van der Waals surface area contributed by atoms with Crippen molar-refractivity contribution < 1.29 is 9.18 Å². The molecular weight excluding hydrogens is 347 g/mol. The van der Waals surface area contributed by atoms with Crippen molar-refractivity contribution in [1.82, 2.24) is 10.2 Å². The predicted octanol–water partition coefficient (Wildman–Crippen LogP) is 3.66. The summed E-state index contributed by atoms with van der Waals surface area (Å²) in [5, 5.41) is 14.4. The third-order valence-corrected chi connectivity index (χ3v) is 4.66. The van der Waals surface area contributed by atoms with Crippen molar-refractivity contribution in [2.24, 2.45) is 0 Å². The second-order valence-corrected chi connectivity index (χ2v) is 6.61. The third-order valence-electron chi connectivity index (χ3n) is 2.34. The van der Waals surface area contributed by atoms with Crippen LogP contribution in [0.2, 0.25) is 5.02 Å². The molecule has 0 aliphatic carbocycles. The van der Waals surface area contributed by atoms with Crippen LogP contribution in [-0.2, 0) is 4.79 Å². The van der Waals surface area contributed by atoms with E-state index in [4.69, 9.17) is 11.6 Å². The molecule has 9 heteroatoms. The van der Waals surface area contributed by atoms with Gasteiger partial charge in [-0.3, -0.25) is 4.79 Å². The Morgan fingerprint density at radius 2 is 2.32 bits per heavy atom. The standard InChI is InChI=1S/C13H12ClFN4OS2/c1-2-5-16-12-18-19-13(22-12)21-7-11(20)17-10-4-3-8(15)6-9(10)14/h2-4,6H,1,5,7H2,(H,16,18)(H,17,20). The van der Waals surface area contributed by atoms with E-state index in [2.05, 4.69) is 27.4 Å². The number of hydrogen-bond donors (Lipinski definition) is 2. The van der Waals surface area contributed by atoms with Crippen LogP contribution in [0.3, 0.4) is 0 Å². The minimum absolute atomic E-state index is 0.157. The number of halogens is 2. The van der Waals surface area contributed by atoms with E-state index < -0.39 is 5.82 Å². The lowest BCUT2D eigenvalue weighted by Gasteiger charge is -2.06. The Morgan fingerprint density at radius 1 is 1.50 bits per heavy atom. The number of amides is 1. The SMILES string of the molecule is C=CCNc1nnc(SCC(=O)Nc2ccc(F)cc2Cl)s1. The second-order valence-electron chi connectivity index (χ2n) is 4.00. The number of thioether (sulfide) groups is 1. The summed E-state index contributed by atoms with van der Waals surface area (Å²) in [6, 6.07) is 3.80. The lowest BCUT2D eigenvalue weighted by molar-refractivity contribution is -0.113. The van der Waals surface area contributed by atoms with Gasteiger partial charge in [-0.2, -0.15) is 0 Å². The molecule has 0 saturated carbocycles. The van der Waals surface area contributed by atoms with E-state index >= 15 is 0 Å². The van der Waals surface area contributed by atoms with Crippen LogP contribution >= 0.6 is 34.7 Å². The lowest BCUT2D eigenvalue weighted by Crippen LogP contribution is -2.14. The van der Waals surface area contributed by atoms with E-state index in [0.29, 0.717) is 21.7 Å². The Morgan fingerprint density at radius 3 is 3.05 bits per heavy atom. The number of anilines is 2. The zero-order chi connectivity index (χ0) is 15.9. The summed E-state index contributed by atoms with van der Waals surface area (Å²) in [7, 11) is 0. The Balaban J connectivity index is 1.84. The monoisotopic (exact) mass is 358 g/mol. The summed E-state index contributed by atoms with van der Waals surface area (Å²) in [5.74, 6) is -0.552. The van der Waals surface area contributed by atoms with Crippen LogP contribution in [0.1, 0.15) is 0 Å². The van der Waals surface area contributed by atoms with Gasteiger partial charge in [-0.05, 0) is 18.2 Å². The van der Waals surface area contributed by atoms with E-state index in [1.807, 2.05) is 0 Å². The van der Waals surface area contributed by atoms with Crippen molar-refractivity contribution in [2.45, 2.75) is 4.34 Å². The van der Waals surface area contributed by atoms with Gasteiger partial charge in [-0.1, -0.05) is 40.8 Å². The van der Waals surface area contributed by atoms with Crippen molar-refractivity contribution in [3.63, 3.8) is 0 Å². The number of hydrogen-bond acceptors (Lipinski definition) is 6. The van der Waals surface area contributed by atoms with E-state index in [9.17, 15) is 9.18 Å². The summed E-state index contributed by atoms with van der Waals surface area (Å²) >= 11 is 8.46. The van der Waals surface area contributed by atoms with E-state index in [0.717, 1.165) is 6.07 Å². The van der Waals surface area contributed by atoms with E-state index in [-0.39, 0.29) is 16.7 Å². The molecule has 0 radical (unpaired) electrons. The quantitative estimate of drug-likeness (QED) is 0.584. The fraction of sp³-hybridized carbons (Fsp3) is 0.154. The molecule has 0 aliphatic heterocycles. The Bertz CT molecular complexity index is 680. The first kappa shape index (κ1) is 16.7. The summed E-state index contributed by atoms with van der Waals surface area (Å²) in [6.45, 7) is 4.20. The first-order chi connectivity index (χ1) is 10.6. The van der Waals surface area contributed by atoms with Crippen molar-refractivity contribution in [1.29, 1.82) is 0 Å². The minimum Gasteiger partial charge on any atom is -0.357 e. The molecule has 0 aliphatic rings. The predicted molar refractivity (Wildman–Crippen MR) is 89.4 cm³/mol. The molecule has 1 aromatic carbocycles. The van der Waals surface area contributed by atoms with Crippen LogP contribution in [0.4, 0.5) is 15.2 Å². The molecule has 2 aromatic rings. The zero-order valence-electron chi connectivity index (χ0n) is 11.3. The van der Waals surface area contributed by atoms with Gasteiger partial charge in [-0.15, -0.1) is 16.8 Å². The highest BCUT2D eigenvalue weighted by Crippen LogP contribution is 2.26. The molecule has 0 bridgehead atoms. The molecule has 0 fully saturated rings. The van der Waals surface area contributed by atoms with Gasteiger partial charge in [0.05, 0.1) is 16.5 Å². The van der Waals surface area contributed by atoms with Gasteiger partial charge < -0.3 is 10.6 Å². The number of aromatic nitrogens is 2. The third kappa shape index (κ3) is 4.97. The molecule has 0 spiro atoms. The smallest absolute Gasteiger partial charge is 0.234 e. The Labute approximate surface area is 140 Å². The molecule has 1 heterocycles.